The number of fused-ring (bicyclic) bond motifs is 3. The highest BCUT2D eigenvalue weighted by Gasteiger charge is 2.51. The molecule has 35 heavy (non-hydrogen) atoms. The van der Waals surface area contributed by atoms with Gasteiger partial charge in [-0.1, -0.05) is 48.9 Å². The molecular weight excluding hydrogens is 443 g/mol. The van der Waals surface area contributed by atoms with Gasteiger partial charge < -0.3 is 9.22 Å². The van der Waals surface area contributed by atoms with E-state index in [1.807, 2.05) is 37.3 Å². The second kappa shape index (κ2) is 9.82. The number of nitrogens with zero attached hydrogens (tertiary/aromatic N) is 2. The summed E-state index contributed by atoms with van der Waals surface area (Å²) in [5.41, 5.74) is 0.564. The Hall–Kier alpha value is -2.57. The number of rotatable bonds is 7. The number of hydrogen-bond donors (Lipinski definition) is 0. The largest absolute Gasteiger partial charge is 0.454 e. The lowest BCUT2D eigenvalue weighted by molar-refractivity contribution is -0.938. The van der Waals surface area contributed by atoms with Crippen molar-refractivity contribution < 1.29 is 23.2 Å². The highest BCUT2D eigenvalue weighted by atomic mass is 19.1. The second-order valence-electron chi connectivity index (χ2n) is 10.8. The van der Waals surface area contributed by atoms with Crippen LogP contribution in [0.2, 0.25) is 0 Å². The summed E-state index contributed by atoms with van der Waals surface area (Å²) in [4.78, 5) is 29.2. The number of likely N-dealkylation sites (tertiary alicyclic amines) is 1. The monoisotopic (exact) mass is 479 g/mol. The van der Waals surface area contributed by atoms with Crippen LogP contribution >= 0.6 is 0 Å². The first-order valence-electron chi connectivity index (χ1n) is 13.1. The van der Waals surface area contributed by atoms with E-state index in [4.69, 9.17) is 4.74 Å². The molecule has 0 radical (unpaired) electrons. The summed E-state index contributed by atoms with van der Waals surface area (Å²) in [6.07, 6.45) is 5.06. The van der Waals surface area contributed by atoms with Crippen LogP contribution < -0.4 is 0 Å². The summed E-state index contributed by atoms with van der Waals surface area (Å²) < 4.78 is 20.7. The van der Waals surface area contributed by atoms with Crippen LogP contribution in [0, 0.1) is 11.7 Å². The first kappa shape index (κ1) is 24.1. The Bertz CT molecular complexity index is 1060. The van der Waals surface area contributed by atoms with Gasteiger partial charge in [0.1, 0.15) is 24.4 Å². The Morgan fingerprint density at radius 1 is 1.03 bits per heavy atom. The summed E-state index contributed by atoms with van der Waals surface area (Å²) in [6, 6.07) is 15.9. The third-order valence-corrected chi connectivity index (χ3v) is 8.65. The lowest BCUT2D eigenvalue weighted by atomic mass is 9.82. The lowest BCUT2D eigenvalue weighted by Crippen LogP contribution is -2.66. The molecule has 4 aliphatic rings. The number of carbonyl (C=O) groups is 2. The topological polar surface area (TPSA) is 46.6 Å². The molecule has 4 saturated heterocycles. The minimum Gasteiger partial charge on any atom is -0.454 e. The number of carbonyl (C=O) groups excluding carboxylic acids is 2. The van der Waals surface area contributed by atoms with Gasteiger partial charge >= 0.3 is 5.97 Å². The summed E-state index contributed by atoms with van der Waals surface area (Å²) in [5.74, 6) is -0.279. The molecule has 6 heteroatoms. The van der Waals surface area contributed by atoms with Crippen molar-refractivity contribution in [2.45, 2.75) is 50.7 Å². The molecular formula is C29H36FN2O3+. The predicted molar refractivity (Wildman–Crippen MR) is 132 cm³/mol. The number of quaternary nitrogens is 1. The van der Waals surface area contributed by atoms with E-state index < -0.39 is 11.4 Å². The number of ketones is 1. The smallest absolute Gasteiger partial charge is 0.331 e. The maximum absolute atomic E-state index is 13.9. The number of piperidine rings is 4. The van der Waals surface area contributed by atoms with Gasteiger partial charge in [0.15, 0.2) is 6.10 Å². The first-order chi connectivity index (χ1) is 16.9. The number of benzene rings is 2. The molecule has 0 N–H and O–H groups in total. The number of halogens is 1. The zero-order chi connectivity index (χ0) is 24.5. The molecule has 2 aromatic rings. The molecule has 0 amide bonds. The number of ether oxygens (including phenoxy) is 1. The van der Waals surface area contributed by atoms with Gasteiger partial charge in [-0.2, -0.15) is 0 Å². The second-order valence-corrected chi connectivity index (χ2v) is 10.8. The minimum atomic E-state index is -0.823. The standard InChI is InChI=1S/C29H36FN2O3/c1-29(24-10-4-2-5-11-24,31-15-6-3-7-16-31)28(34)35-27-21-32(17-13-22(27)14-18-32)20-26(33)23-9-8-12-25(30)19-23/h2,4-5,8-12,19,22,27H,3,6-7,13-18,20-21H2,1H3/q+1/t22?,27-,29-,32?/m0/s1. The molecule has 2 aromatic carbocycles. The Labute approximate surface area is 207 Å². The van der Waals surface area contributed by atoms with Gasteiger partial charge in [0, 0.05) is 24.3 Å². The fourth-order valence-corrected chi connectivity index (χ4v) is 6.42. The summed E-state index contributed by atoms with van der Waals surface area (Å²) >= 11 is 0. The van der Waals surface area contributed by atoms with E-state index >= 15 is 0 Å². The van der Waals surface area contributed by atoms with E-state index in [1.54, 1.807) is 12.1 Å². The lowest BCUT2D eigenvalue weighted by Gasteiger charge is -2.52. The number of esters is 1. The molecule has 2 atom stereocenters. The van der Waals surface area contributed by atoms with Crippen LogP contribution in [-0.2, 0) is 15.1 Å². The van der Waals surface area contributed by atoms with Crippen LogP contribution in [0.5, 0.6) is 0 Å². The summed E-state index contributed by atoms with van der Waals surface area (Å²) in [6.45, 7) is 6.57. The van der Waals surface area contributed by atoms with Crippen LogP contribution in [0.1, 0.15) is 54.9 Å². The van der Waals surface area contributed by atoms with E-state index in [0.29, 0.717) is 29.1 Å². The van der Waals surface area contributed by atoms with Crippen LogP contribution in [-0.4, -0.2) is 66.5 Å². The number of hydrogen-bond acceptors (Lipinski definition) is 4. The number of Topliss-reactive ketones (excluding diaryl/α,β-unsaturated/α-hetero) is 1. The normalized spacial score (nSPS) is 28.3. The van der Waals surface area contributed by atoms with E-state index in [0.717, 1.165) is 57.4 Å². The maximum Gasteiger partial charge on any atom is 0.331 e. The summed E-state index contributed by atoms with van der Waals surface area (Å²) in [7, 11) is 0. The SMILES string of the molecule is C[C@@](C(=O)O[C@H]1C[N+]2(CC(=O)c3cccc(F)c3)CCC1CC2)(c1ccccc1)N1CCCCC1. The van der Waals surface area contributed by atoms with Crippen LogP contribution in [0.3, 0.4) is 0 Å². The average molecular weight is 480 g/mol. The molecule has 6 rings (SSSR count). The highest BCUT2D eigenvalue weighted by molar-refractivity contribution is 5.97. The van der Waals surface area contributed by atoms with E-state index in [-0.39, 0.29) is 17.9 Å². The van der Waals surface area contributed by atoms with E-state index in [9.17, 15) is 14.0 Å². The molecule has 186 valence electrons. The van der Waals surface area contributed by atoms with Gasteiger partial charge in [-0.25, -0.2) is 9.18 Å². The Kier molecular flexibility index (Phi) is 6.78. The van der Waals surface area contributed by atoms with Gasteiger partial charge in [-0.3, -0.25) is 9.69 Å². The zero-order valence-electron chi connectivity index (χ0n) is 20.6. The quantitative estimate of drug-likeness (QED) is 0.332. The van der Waals surface area contributed by atoms with Crippen LogP contribution in [0.4, 0.5) is 4.39 Å². The molecule has 0 saturated carbocycles. The molecule has 4 aliphatic heterocycles. The van der Waals surface area contributed by atoms with Gasteiger partial charge in [-0.05, 0) is 50.6 Å². The third kappa shape index (κ3) is 4.78. The third-order valence-electron chi connectivity index (χ3n) is 8.65. The Balaban J connectivity index is 1.34. The molecule has 2 bridgehead atoms. The van der Waals surface area contributed by atoms with Gasteiger partial charge in [0.05, 0.1) is 13.1 Å². The molecule has 0 spiro atoms. The molecule has 4 heterocycles. The molecule has 0 aliphatic carbocycles. The van der Waals surface area contributed by atoms with Crippen LogP contribution in [0.15, 0.2) is 54.6 Å². The Morgan fingerprint density at radius 3 is 2.43 bits per heavy atom. The van der Waals surface area contributed by atoms with Crippen LogP contribution in [0.25, 0.3) is 0 Å². The fraction of sp³-hybridized carbons (Fsp3) is 0.517. The van der Waals surface area contributed by atoms with Crippen molar-refractivity contribution in [2.75, 3.05) is 39.3 Å². The fourth-order valence-electron chi connectivity index (χ4n) is 6.42. The van der Waals surface area contributed by atoms with Crippen molar-refractivity contribution in [2.24, 2.45) is 5.92 Å². The Morgan fingerprint density at radius 2 is 1.74 bits per heavy atom. The highest BCUT2D eigenvalue weighted by Crippen LogP contribution is 2.39. The van der Waals surface area contributed by atoms with Crippen molar-refractivity contribution in [3.63, 3.8) is 0 Å². The molecule has 4 fully saturated rings. The minimum absolute atomic E-state index is 0.0441. The van der Waals surface area contributed by atoms with Crippen molar-refractivity contribution in [3.8, 4) is 0 Å². The predicted octanol–water partition coefficient (Wildman–Crippen LogP) is 4.56. The molecule has 0 unspecified atom stereocenters. The molecule has 5 nitrogen and oxygen atoms in total. The summed E-state index contributed by atoms with van der Waals surface area (Å²) in [5, 5.41) is 0. The maximum atomic E-state index is 13.9. The average Bonchev–Trinajstić information content (AvgIpc) is 2.89. The van der Waals surface area contributed by atoms with Crippen molar-refractivity contribution in [1.82, 2.24) is 4.90 Å². The first-order valence-corrected chi connectivity index (χ1v) is 13.1. The van der Waals surface area contributed by atoms with E-state index in [1.165, 1.54) is 18.6 Å². The van der Waals surface area contributed by atoms with Gasteiger partial charge in [0.25, 0.3) is 0 Å². The van der Waals surface area contributed by atoms with Crippen molar-refractivity contribution in [3.05, 3.63) is 71.5 Å². The van der Waals surface area contributed by atoms with Gasteiger partial charge in [0.2, 0.25) is 5.78 Å². The zero-order valence-corrected chi connectivity index (χ0v) is 20.6. The van der Waals surface area contributed by atoms with Crippen molar-refractivity contribution >= 4 is 11.8 Å². The van der Waals surface area contributed by atoms with E-state index in [2.05, 4.69) is 4.90 Å². The van der Waals surface area contributed by atoms with Gasteiger partial charge in [-0.15, -0.1) is 0 Å². The molecule has 0 aromatic heterocycles. The van der Waals surface area contributed by atoms with Crippen molar-refractivity contribution in [1.29, 1.82) is 0 Å².